The third-order valence-corrected chi connectivity index (χ3v) is 18.3. The van der Waals surface area contributed by atoms with Crippen LogP contribution in [0.15, 0.2) is 0 Å². The molecule has 0 aromatic carbocycles. The first-order valence-corrected chi connectivity index (χ1v) is 37.3. The van der Waals surface area contributed by atoms with Gasteiger partial charge < -0.3 is 69.3 Å². The molecule has 2 aliphatic heterocycles. The quantitative estimate of drug-likeness (QED) is 0.0121. The number of esters is 5. The molecule has 2 saturated heterocycles. The van der Waals surface area contributed by atoms with Gasteiger partial charge >= 0.3 is 59.0 Å². The van der Waals surface area contributed by atoms with Crippen LogP contribution in [0.5, 0.6) is 0 Å². The van der Waals surface area contributed by atoms with Gasteiger partial charge in [0.15, 0.2) is 0 Å². The monoisotopic (exact) mass is 1330 g/mol. The zero-order valence-electron chi connectivity index (χ0n) is 58.6. The van der Waals surface area contributed by atoms with Crippen LogP contribution in [0.25, 0.3) is 0 Å². The van der Waals surface area contributed by atoms with E-state index < -0.39 is 135 Å². The Morgan fingerprint density at radius 2 is 0.591 bits per heavy atom. The second kappa shape index (κ2) is 49.4. The highest BCUT2D eigenvalue weighted by atomic mass is 17.0. The molecule has 0 spiro atoms. The number of aliphatic hydroxyl groups is 8. The summed E-state index contributed by atoms with van der Waals surface area (Å²) in [6.07, 6.45) is 27.0. The van der Waals surface area contributed by atoms with Crippen molar-refractivity contribution in [1.82, 2.24) is 0 Å². The van der Waals surface area contributed by atoms with Crippen LogP contribution in [0.4, 0.5) is 0 Å². The third-order valence-electron chi connectivity index (χ3n) is 18.3. The Morgan fingerprint density at radius 3 is 0.860 bits per heavy atom. The summed E-state index contributed by atoms with van der Waals surface area (Å²) in [5, 5.41) is 98.5. The second-order valence-corrected chi connectivity index (χ2v) is 26.6. The number of carbonyl (C=O) groups excluding carboxylic acids is 5. The van der Waals surface area contributed by atoms with Crippen molar-refractivity contribution in [3.63, 3.8) is 0 Å². The normalized spacial score (nSPS) is 25.3. The van der Waals surface area contributed by atoms with Gasteiger partial charge in [-0.3, -0.25) is 33.4 Å². The lowest BCUT2D eigenvalue weighted by Crippen LogP contribution is -2.92. The van der Waals surface area contributed by atoms with Crippen LogP contribution in [0.1, 0.15) is 356 Å². The topological polar surface area (TPSA) is 321 Å². The molecule has 21 heteroatoms. The molecule has 2 fully saturated rings. The van der Waals surface area contributed by atoms with Gasteiger partial charge in [-0.2, -0.15) is 0 Å². The molecule has 8 N–H and O–H groups in total. The molecule has 0 saturated carbocycles. The standard InChI is InChI=1S/C72H132O21/c1-6-11-16-21-26-31-36-41-46-51-60(76)87-68(58-75)69(83,88-61(77)52-47-42-37-32-27-22-17-12-7-2)70(84,89-62(78)53-48-43-38-33-28-23-18-13-8-3)71(85,90-63(79)54-49-44-39-34-29-24-19-14-9-4)72(93-68,92-67(57-74)66(82)65(81)59(56-73)86-67)91-64(80)55-50-45-40-35-30-25-20-15-10-5/h59,65-66,73-75,81-85H,6-58H2,1-5H3/t59-,65-,66+,67?,68-,69+,70-,71+,72+/m1/s1. The van der Waals surface area contributed by atoms with E-state index in [1.165, 1.54) is 0 Å². The Kier molecular flexibility index (Phi) is 45.7. The second-order valence-electron chi connectivity index (χ2n) is 26.6. The Bertz CT molecular complexity index is 1980. The van der Waals surface area contributed by atoms with E-state index in [1.54, 1.807) is 0 Å². The Balaban J connectivity index is 3.09. The van der Waals surface area contributed by atoms with Crippen LogP contribution in [-0.4, -0.2) is 144 Å². The predicted molar refractivity (Wildman–Crippen MR) is 353 cm³/mol. The molecule has 0 aromatic heterocycles. The fraction of sp³-hybridized carbons (Fsp3) is 0.931. The molecular formula is C72H132O21. The van der Waals surface area contributed by atoms with Crippen LogP contribution in [0, 0.1) is 0 Å². The zero-order valence-corrected chi connectivity index (χ0v) is 58.6. The third kappa shape index (κ3) is 29.1. The first-order chi connectivity index (χ1) is 44.8. The van der Waals surface area contributed by atoms with Crippen molar-refractivity contribution >= 4 is 29.8 Å². The van der Waals surface area contributed by atoms with Crippen molar-refractivity contribution in [2.75, 3.05) is 19.8 Å². The molecule has 0 bridgehead atoms. The van der Waals surface area contributed by atoms with E-state index >= 15 is 0 Å². The molecule has 2 aliphatic rings. The van der Waals surface area contributed by atoms with Crippen LogP contribution >= 0.6 is 0 Å². The highest BCUT2D eigenvalue weighted by Gasteiger charge is 2.94. The average molecular weight is 1330 g/mol. The molecule has 0 aliphatic carbocycles. The van der Waals surface area contributed by atoms with E-state index in [-0.39, 0.29) is 32.1 Å². The predicted octanol–water partition coefficient (Wildman–Crippen LogP) is 13.6. The van der Waals surface area contributed by atoms with E-state index in [0.717, 1.165) is 193 Å². The van der Waals surface area contributed by atoms with Crippen molar-refractivity contribution in [2.24, 2.45) is 0 Å². The van der Waals surface area contributed by atoms with Crippen molar-refractivity contribution in [3.05, 3.63) is 0 Å². The molecule has 0 aromatic rings. The van der Waals surface area contributed by atoms with Gasteiger partial charge in [-0.1, -0.05) is 291 Å². The largest absolute Gasteiger partial charge is 0.423 e. The molecule has 0 radical (unpaired) electrons. The summed E-state index contributed by atoms with van der Waals surface area (Å²) >= 11 is 0. The molecular weight excluding hydrogens is 1200 g/mol. The van der Waals surface area contributed by atoms with Gasteiger partial charge in [-0.15, -0.1) is 0 Å². The summed E-state index contributed by atoms with van der Waals surface area (Å²) in [6.45, 7) is 6.00. The maximum absolute atomic E-state index is 14.8. The number of ether oxygens (including phenoxy) is 8. The lowest BCUT2D eigenvalue weighted by atomic mass is 9.82. The fourth-order valence-electron chi connectivity index (χ4n) is 12.4. The number of hydrogen-bond donors (Lipinski definition) is 8. The SMILES string of the molecule is CCCCCCCCCCCC(=O)O[C@]1(CO)O[C@@](OC(=O)CCCCCCCCCCC)(OC2(CO)O[C@H](CO)[C@@H](O)[C@@H]2O)[C@@](O)(OC(=O)CCCCCCCCCCC)[C@](O)(OC(=O)CCCCCCCCCCC)[C@@]1(O)OC(=O)CCCCCCCCCCC. The average Bonchev–Trinajstić information content (AvgIpc) is 0.929. The van der Waals surface area contributed by atoms with Crippen LogP contribution in [0.2, 0.25) is 0 Å². The van der Waals surface area contributed by atoms with Gasteiger partial charge in [0.25, 0.3) is 0 Å². The summed E-state index contributed by atoms with van der Waals surface area (Å²) in [4.78, 5) is 73.6. The first kappa shape index (κ1) is 86.0. The minimum Gasteiger partial charge on any atom is -0.423 e. The summed E-state index contributed by atoms with van der Waals surface area (Å²) in [5.41, 5.74) is 0. The molecule has 93 heavy (non-hydrogen) atoms. The van der Waals surface area contributed by atoms with E-state index in [2.05, 4.69) is 34.6 Å². The molecule has 9 atom stereocenters. The number of rotatable bonds is 60. The molecule has 546 valence electrons. The Hall–Kier alpha value is -3.09. The zero-order chi connectivity index (χ0) is 68.8. The van der Waals surface area contributed by atoms with E-state index in [0.29, 0.717) is 64.2 Å². The highest BCUT2D eigenvalue weighted by Crippen LogP contribution is 2.59. The number of unbranched alkanes of at least 4 members (excludes halogenated alkanes) is 40. The van der Waals surface area contributed by atoms with Gasteiger partial charge in [-0.25, -0.2) is 0 Å². The van der Waals surface area contributed by atoms with Gasteiger partial charge in [0.2, 0.25) is 5.79 Å². The van der Waals surface area contributed by atoms with Crippen molar-refractivity contribution < 1.29 is 103 Å². The minimum absolute atomic E-state index is 0.0651. The Morgan fingerprint density at radius 1 is 0.333 bits per heavy atom. The fourth-order valence-corrected chi connectivity index (χ4v) is 12.4. The maximum Gasteiger partial charge on any atom is 0.412 e. The van der Waals surface area contributed by atoms with Gasteiger partial charge in [-0.05, 0) is 32.1 Å². The highest BCUT2D eigenvalue weighted by molar-refractivity contribution is 5.74. The summed E-state index contributed by atoms with van der Waals surface area (Å²) in [6, 6.07) is 0. The van der Waals surface area contributed by atoms with Gasteiger partial charge in [0.05, 0.1) is 6.61 Å². The lowest BCUT2D eigenvalue weighted by Gasteiger charge is -2.62. The first-order valence-electron chi connectivity index (χ1n) is 37.3. The maximum atomic E-state index is 14.8. The molecule has 0 amide bonds. The van der Waals surface area contributed by atoms with Crippen molar-refractivity contribution in [3.8, 4) is 0 Å². The number of aliphatic hydroxyl groups excluding tert-OH is 5. The van der Waals surface area contributed by atoms with E-state index in [9.17, 15) is 64.8 Å². The summed E-state index contributed by atoms with van der Waals surface area (Å²) in [5.74, 6) is -32.6. The van der Waals surface area contributed by atoms with Crippen molar-refractivity contribution in [1.29, 1.82) is 0 Å². The molecule has 2 rings (SSSR count). The Labute approximate surface area is 559 Å². The van der Waals surface area contributed by atoms with E-state index in [4.69, 9.17) is 37.9 Å². The number of carbonyl (C=O) groups is 5. The smallest absolute Gasteiger partial charge is 0.412 e. The van der Waals surface area contributed by atoms with E-state index in [1.807, 2.05) is 0 Å². The van der Waals surface area contributed by atoms with Gasteiger partial charge in [0.1, 0.15) is 31.5 Å². The molecule has 21 nitrogen and oxygen atoms in total. The van der Waals surface area contributed by atoms with Crippen LogP contribution < -0.4 is 0 Å². The van der Waals surface area contributed by atoms with Crippen LogP contribution in [-0.2, 0) is 61.9 Å². The lowest BCUT2D eigenvalue weighted by molar-refractivity contribution is -0.648. The van der Waals surface area contributed by atoms with Gasteiger partial charge in [0, 0.05) is 32.1 Å². The van der Waals surface area contributed by atoms with Crippen LogP contribution in [0.3, 0.4) is 0 Å². The summed E-state index contributed by atoms with van der Waals surface area (Å²) < 4.78 is 47.8. The molecule has 1 unspecified atom stereocenters. The molecule has 2 heterocycles. The minimum atomic E-state index is -4.70. The summed E-state index contributed by atoms with van der Waals surface area (Å²) in [7, 11) is 0. The van der Waals surface area contributed by atoms with Crippen molar-refractivity contribution in [2.45, 2.75) is 409 Å². The number of hydrogen-bond acceptors (Lipinski definition) is 21.